The molecule has 2 aliphatic rings. The monoisotopic (exact) mass is 493 g/mol. The van der Waals surface area contributed by atoms with E-state index >= 15 is 0 Å². The molecule has 0 spiro atoms. The van der Waals surface area contributed by atoms with Crippen molar-refractivity contribution in [2.24, 2.45) is 5.10 Å². The Labute approximate surface area is 204 Å². The lowest BCUT2D eigenvalue weighted by molar-refractivity contribution is 0.139. The molecule has 3 aromatic rings. The van der Waals surface area contributed by atoms with Crippen molar-refractivity contribution in [3.8, 4) is 17.8 Å². The number of nitrogens with zero attached hydrogens (tertiary/aromatic N) is 9. The maximum atomic E-state index is 14.4. The van der Waals surface area contributed by atoms with E-state index in [-0.39, 0.29) is 29.2 Å². The smallest absolute Gasteiger partial charge is 0.341 e. The second-order valence-corrected chi connectivity index (χ2v) is 8.43. The minimum atomic E-state index is -0.735. The normalized spacial score (nSPS) is 17.5. The number of aryl methyl sites for hydroxylation is 1. The van der Waals surface area contributed by atoms with Gasteiger partial charge in [-0.3, -0.25) is 0 Å². The lowest BCUT2D eigenvalue weighted by atomic mass is 10.0. The quantitative estimate of drug-likeness (QED) is 0.594. The van der Waals surface area contributed by atoms with Crippen LogP contribution < -0.4 is 4.90 Å². The summed E-state index contributed by atoms with van der Waals surface area (Å²) in [5, 5.41) is 28.7. The molecule has 0 bridgehead atoms. The molecule has 2 aliphatic heterocycles. The minimum absolute atomic E-state index is 0.176. The summed E-state index contributed by atoms with van der Waals surface area (Å²) < 4.78 is 29.4. The average Bonchev–Trinajstić information content (AvgIpc) is 3.49. The number of hydrazone groups is 1. The van der Waals surface area contributed by atoms with Gasteiger partial charge in [-0.1, -0.05) is 0 Å². The highest BCUT2D eigenvalue weighted by Gasteiger charge is 2.34. The van der Waals surface area contributed by atoms with Crippen LogP contribution >= 0.6 is 0 Å². The van der Waals surface area contributed by atoms with Gasteiger partial charge in [-0.25, -0.2) is 23.6 Å². The van der Waals surface area contributed by atoms with Gasteiger partial charge in [-0.05, 0) is 30.7 Å². The van der Waals surface area contributed by atoms with Crippen LogP contribution in [0.1, 0.15) is 29.3 Å². The third kappa shape index (κ3) is 4.28. The molecule has 2 aromatic heterocycles. The van der Waals surface area contributed by atoms with E-state index in [2.05, 4.69) is 20.2 Å². The summed E-state index contributed by atoms with van der Waals surface area (Å²) in [6.45, 7) is 3.07. The topological polar surface area (TPSA) is 127 Å². The molecule has 2 amide bonds. The fraction of sp³-hybridized carbons (Fsp3) is 0.304. The van der Waals surface area contributed by atoms with Crippen LogP contribution in [0.2, 0.25) is 0 Å². The van der Waals surface area contributed by atoms with Gasteiger partial charge in [-0.2, -0.15) is 25.1 Å². The number of halogens is 2. The molecule has 184 valence electrons. The maximum absolute atomic E-state index is 14.4. The van der Waals surface area contributed by atoms with Gasteiger partial charge in [0, 0.05) is 44.9 Å². The second kappa shape index (κ2) is 9.21. The fourth-order valence-corrected chi connectivity index (χ4v) is 4.28. The van der Waals surface area contributed by atoms with E-state index in [9.17, 15) is 18.7 Å². The van der Waals surface area contributed by atoms with Crippen LogP contribution in [0.4, 0.5) is 19.5 Å². The number of nitriles is 1. The highest BCUT2D eigenvalue weighted by Crippen LogP contribution is 2.31. The van der Waals surface area contributed by atoms with Gasteiger partial charge in [0.05, 0.1) is 29.6 Å². The lowest BCUT2D eigenvalue weighted by Gasteiger charge is -2.37. The summed E-state index contributed by atoms with van der Waals surface area (Å²) in [7, 11) is 0. The average molecular weight is 493 g/mol. The van der Waals surface area contributed by atoms with Gasteiger partial charge in [0.25, 0.3) is 0 Å². The number of hydrogen-bond donors (Lipinski definition) is 1. The van der Waals surface area contributed by atoms with Crippen molar-refractivity contribution in [3.63, 3.8) is 0 Å². The zero-order valence-electron chi connectivity index (χ0n) is 19.2. The summed E-state index contributed by atoms with van der Waals surface area (Å²) in [6, 6.07) is 6.48. The van der Waals surface area contributed by atoms with E-state index in [0.29, 0.717) is 43.9 Å². The summed E-state index contributed by atoms with van der Waals surface area (Å²) in [6.07, 6.45) is 3.02. The van der Waals surface area contributed by atoms with Crippen LogP contribution in [0.25, 0.3) is 5.82 Å². The number of urea groups is 1. The number of anilines is 1. The maximum Gasteiger partial charge on any atom is 0.341 e. The van der Waals surface area contributed by atoms with Gasteiger partial charge >= 0.3 is 6.03 Å². The minimum Gasteiger partial charge on any atom is -0.493 e. The van der Waals surface area contributed by atoms with Crippen molar-refractivity contribution < 1.29 is 18.7 Å². The summed E-state index contributed by atoms with van der Waals surface area (Å²) in [5.74, 6) is -1.46. The number of aromatic nitrogens is 4. The molecule has 0 radical (unpaired) electrons. The molecule has 0 saturated carbocycles. The second-order valence-electron chi connectivity index (χ2n) is 8.43. The predicted molar refractivity (Wildman–Crippen MR) is 123 cm³/mol. The van der Waals surface area contributed by atoms with Crippen LogP contribution in [-0.2, 0) is 0 Å². The van der Waals surface area contributed by atoms with Gasteiger partial charge in [0.2, 0.25) is 11.8 Å². The molecular formula is C23H21F2N9O2. The van der Waals surface area contributed by atoms with Crippen LogP contribution in [0.3, 0.4) is 0 Å². The highest BCUT2D eigenvalue weighted by atomic mass is 19.1. The van der Waals surface area contributed by atoms with Crippen molar-refractivity contribution in [1.29, 1.82) is 5.26 Å². The Hall–Kier alpha value is -4.60. The summed E-state index contributed by atoms with van der Waals surface area (Å²) in [5.41, 5.74) is 1.18. The van der Waals surface area contributed by atoms with E-state index in [1.165, 1.54) is 17.1 Å². The third-order valence-electron chi connectivity index (χ3n) is 6.02. The standard InChI is InChI=1S/C23H21F2N9O2/c1-14-8-20(35)34(30-14)21-18(25)13-27-22(29-21)31-4-6-32(7-5-31)23(36)33-19(2-3-28-33)16-9-15(12-26)10-17(24)11-16/h3,8-11,13,19,35H,2,4-7H2,1H3/t19-/m0/s1. The van der Waals surface area contributed by atoms with E-state index in [4.69, 9.17) is 5.26 Å². The highest BCUT2D eigenvalue weighted by molar-refractivity contribution is 5.78. The number of piperazine rings is 1. The van der Waals surface area contributed by atoms with Crippen LogP contribution in [0.5, 0.6) is 5.88 Å². The van der Waals surface area contributed by atoms with E-state index in [1.807, 2.05) is 6.07 Å². The van der Waals surface area contributed by atoms with Crippen molar-refractivity contribution in [2.75, 3.05) is 31.1 Å². The molecule has 5 rings (SSSR count). The Bertz CT molecular complexity index is 1390. The number of carbonyl (C=O) groups is 1. The van der Waals surface area contributed by atoms with Gasteiger partial charge in [0.1, 0.15) is 5.82 Å². The fourth-order valence-electron chi connectivity index (χ4n) is 4.28. The number of benzene rings is 1. The molecular weight excluding hydrogens is 472 g/mol. The van der Waals surface area contributed by atoms with Crippen molar-refractivity contribution in [1.82, 2.24) is 29.7 Å². The molecule has 4 heterocycles. The molecule has 0 aliphatic carbocycles. The summed E-state index contributed by atoms with van der Waals surface area (Å²) in [4.78, 5) is 25.0. The Morgan fingerprint density at radius 2 is 1.94 bits per heavy atom. The zero-order valence-corrected chi connectivity index (χ0v) is 19.2. The molecule has 1 fully saturated rings. The predicted octanol–water partition coefficient (Wildman–Crippen LogP) is 2.50. The first kappa shape index (κ1) is 23.2. The molecule has 1 N–H and O–H groups in total. The van der Waals surface area contributed by atoms with E-state index < -0.39 is 17.7 Å². The molecule has 13 heteroatoms. The Morgan fingerprint density at radius 1 is 1.17 bits per heavy atom. The van der Waals surface area contributed by atoms with E-state index in [1.54, 1.807) is 29.0 Å². The van der Waals surface area contributed by atoms with Crippen molar-refractivity contribution in [3.05, 3.63) is 58.9 Å². The first-order chi connectivity index (χ1) is 17.3. The van der Waals surface area contributed by atoms with Crippen LogP contribution in [0.15, 0.2) is 35.6 Å². The largest absolute Gasteiger partial charge is 0.493 e. The number of carbonyl (C=O) groups excluding carboxylic acids is 1. The number of rotatable bonds is 3. The molecule has 1 saturated heterocycles. The number of hydrogen-bond acceptors (Lipinski definition) is 8. The Morgan fingerprint density at radius 3 is 2.64 bits per heavy atom. The number of amides is 2. The lowest BCUT2D eigenvalue weighted by Crippen LogP contribution is -2.52. The summed E-state index contributed by atoms with van der Waals surface area (Å²) >= 11 is 0. The first-order valence-electron chi connectivity index (χ1n) is 11.2. The molecule has 1 aromatic carbocycles. The van der Waals surface area contributed by atoms with Gasteiger partial charge in [-0.15, -0.1) is 0 Å². The molecule has 0 unspecified atom stereocenters. The molecule has 11 nitrogen and oxygen atoms in total. The van der Waals surface area contributed by atoms with Gasteiger partial charge in [0.15, 0.2) is 11.6 Å². The Balaban J connectivity index is 1.29. The van der Waals surface area contributed by atoms with Crippen LogP contribution in [0, 0.1) is 29.9 Å². The SMILES string of the molecule is Cc1cc(O)n(-c2nc(N3CCN(C(=O)N4N=CC[C@H]4c4cc(F)cc(C#N)c4)CC3)ncc2F)n1. The number of aromatic hydroxyl groups is 1. The van der Waals surface area contributed by atoms with Crippen LogP contribution in [-0.4, -0.2) is 73.2 Å². The molecule has 36 heavy (non-hydrogen) atoms. The molecule has 1 atom stereocenters. The zero-order chi connectivity index (χ0) is 25.4. The first-order valence-corrected chi connectivity index (χ1v) is 11.2. The van der Waals surface area contributed by atoms with Crippen molar-refractivity contribution in [2.45, 2.75) is 19.4 Å². The third-order valence-corrected chi connectivity index (χ3v) is 6.02. The Kier molecular flexibility index (Phi) is 5.93. The van der Waals surface area contributed by atoms with Gasteiger partial charge < -0.3 is 14.9 Å². The van der Waals surface area contributed by atoms with Crippen molar-refractivity contribution >= 4 is 18.2 Å². The van der Waals surface area contributed by atoms with E-state index in [0.717, 1.165) is 16.9 Å².